The van der Waals surface area contributed by atoms with Crippen LogP contribution in [0.25, 0.3) is 0 Å². The van der Waals surface area contributed by atoms with Crippen LogP contribution in [0.15, 0.2) is 18.2 Å². The molecule has 0 fully saturated rings. The van der Waals surface area contributed by atoms with Crippen molar-refractivity contribution in [2.24, 2.45) is 0 Å². The first kappa shape index (κ1) is 13.5. The number of ether oxygens (including phenoxy) is 1. The van der Waals surface area contributed by atoms with Gasteiger partial charge in [0.25, 0.3) is 0 Å². The molecule has 0 atom stereocenters. The molecule has 1 rings (SSSR count). The molecule has 0 bridgehead atoms. The maximum absolute atomic E-state index is 11.3. The summed E-state index contributed by atoms with van der Waals surface area (Å²) in [6.45, 7) is 0.236. The third-order valence-corrected chi connectivity index (χ3v) is 2.41. The Hall–Kier alpha value is -1.55. The Morgan fingerprint density at radius 2 is 2.18 bits per heavy atom. The Bertz CT molecular complexity index is 418. The Kier molecular flexibility index (Phi) is 4.97. The second-order valence-corrected chi connectivity index (χ2v) is 4.12. The van der Waals surface area contributed by atoms with E-state index >= 15 is 0 Å². The minimum Gasteiger partial charge on any atom is -0.492 e. The lowest BCUT2D eigenvalue weighted by molar-refractivity contribution is -0.129. The van der Waals surface area contributed by atoms with Gasteiger partial charge in [-0.25, -0.2) is 0 Å². The zero-order valence-electron chi connectivity index (χ0n) is 9.77. The highest BCUT2D eigenvalue weighted by Crippen LogP contribution is 2.21. The number of benzene rings is 1. The number of hydrogen-bond donors (Lipinski definition) is 0. The van der Waals surface area contributed by atoms with Crippen molar-refractivity contribution in [2.45, 2.75) is 6.42 Å². The molecule has 1 amide bonds. The Morgan fingerprint density at radius 1 is 1.47 bits per heavy atom. The molecule has 17 heavy (non-hydrogen) atoms. The zero-order valence-corrected chi connectivity index (χ0v) is 10.5. The molecule has 0 aliphatic rings. The van der Waals surface area contributed by atoms with Crippen LogP contribution in [0.1, 0.15) is 16.8 Å². The summed E-state index contributed by atoms with van der Waals surface area (Å²) in [4.78, 5) is 23.6. The molecule has 0 radical (unpaired) electrons. The second kappa shape index (κ2) is 6.25. The van der Waals surface area contributed by atoms with Gasteiger partial charge in [-0.15, -0.1) is 0 Å². The third-order valence-electron chi connectivity index (χ3n) is 2.17. The number of rotatable bonds is 5. The van der Waals surface area contributed by atoms with Crippen molar-refractivity contribution in [1.82, 2.24) is 4.90 Å². The number of hydrogen-bond acceptors (Lipinski definition) is 3. The van der Waals surface area contributed by atoms with E-state index in [9.17, 15) is 9.59 Å². The van der Waals surface area contributed by atoms with Crippen molar-refractivity contribution in [3.05, 3.63) is 28.8 Å². The quantitative estimate of drug-likeness (QED) is 0.756. The standard InChI is InChI=1S/C12H14ClNO3/c1-14(2)12(16)5-6-17-11-4-3-10(13)7-9(11)8-15/h3-4,7-8H,5-6H2,1-2H3. The first-order chi connectivity index (χ1) is 8.04. The van der Waals surface area contributed by atoms with Crippen LogP contribution in [0.5, 0.6) is 5.75 Å². The fraction of sp³-hybridized carbons (Fsp3) is 0.333. The lowest BCUT2D eigenvalue weighted by Crippen LogP contribution is -2.23. The SMILES string of the molecule is CN(C)C(=O)CCOc1ccc(Cl)cc1C=O. The average molecular weight is 256 g/mol. The molecule has 0 aliphatic heterocycles. The molecule has 0 unspecified atom stereocenters. The highest BCUT2D eigenvalue weighted by molar-refractivity contribution is 6.30. The number of aldehydes is 1. The Morgan fingerprint density at radius 3 is 2.76 bits per heavy atom. The van der Waals surface area contributed by atoms with Gasteiger partial charge < -0.3 is 9.64 Å². The van der Waals surface area contributed by atoms with E-state index in [-0.39, 0.29) is 18.9 Å². The number of carbonyl (C=O) groups is 2. The third kappa shape index (κ3) is 4.07. The van der Waals surface area contributed by atoms with Gasteiger partial charge in [0.05, 0.1) is 18.6 Å². The molecule has 0 aromatic heterocycles. The van der Waals surface area contributed by atoms with Crippen LogP contribution >= 0.6 is 11.6 Å². The molecule has 4 nitrogen and oxygen atoms in total. The van der Waals surface area contributed by atoms with Gasteiger partial charge >= 0.3 is 0 Å². The van der Waals surface area contributed by atoms with Gasteiger partial charge in [0.1, 0.15) is 5.75 Å². The minimum absolute atomic E-state index is 0.0217. The van der Waals surface area contributed by atoms with E-state index in [1.807, 2.05) is 0 Å². The number of amides is 1. The van der Waals surface area contributed by atoms with E-state index in [4.69, 9.17) is 16.3 Å². The normalized spacial score (nSPS) is 9.82. The average Bonchev–Trinajstić information content (AvgIpc) is 2.30. The van der Waals surface area contributed by atoms with Crippen LogP contribution in [0, 0.1) is 0 Å². The van der Waals surface area contributed by atoms with Gasteiger partial charge in [0.2, 0.25) is 5.91 Å². The van der Waals surface area contributed by atoms with Gasteiger partial charge in [0.15, 0.2) is 6.29 Å². The van der Waals surface area contributed by atoms with Gasteiger partial charge in [-0.05, 0) is 18.2 Å². The van der Waals surface area contributed by atoms with Crippen LogP contribution in [-0.2, 0) is 4.79 Å². The predicted octanol–water partition coefficient (Wildman–Crippen LogP) is 2.01. The van der Waals surface area contributed by atoms with E-state index in [0.717, 1.165) is 0 Å². The van der Waals surface area contributed by atoms with Gasteiger partial charge in [0, 0.05) is 19.1 Å². The fourth-order valence-corrected chi connectivity index (χ4v) is 1.40. The molecular weight excluding hydrogens is 242 g/mol. The zero-order chi connectivity index (χ0) is 12.8. The number of nitrogens with zero attached hydrogens (tertiary/aromatic N) is 1. The molecule has 0 N–H and O–H groups in total. The Balaban J connectivity index is 2.57. The van der Waals surface area contributed by atoms with Crippen molar-refractivity contribution in [3.63, 3.8) is 0 Å². The van der Waals surface area contributed by atoms with Gasteiger partial charge in [-0.3, -0.25) is 9.59 Å². The summed E-state index contributed by atoms with van der Waals surface area (Å²) < 4.78 is 5.37. The first-order valence-corrected chi connectivity index (χ1v) is 5.50. The second-order valence-electron chi connectivity index (χ2n) is 3.69. The van der Waals surface area contributed by atoms with Crippen molar-refractivity contribution < 1.29 is 14.3 Å². The van der Waals surface area contributed by atoms with E-state index < -0.39 is 0 Å². The van der Waals surface area contributed by atoms with Crippen molar-refractivity contribution in [2.75, 3.05) is 20.7 Å². The lowest BCUT2D eigenvalue weighted by atomic mass is 10.2. The monoisotopic (exact) mass is 255 g/mol. The minimum atomic E-state index is -0.0217. The molecule has 0 spiro atoms. The highest BCUT2D eigenvalue weighted by atomic mass is 35.5. The predicted molar refractivity (Wildman–Crippen MR) is 65.6 cm³/mol. The van der Waals surface area contributed by atoms with Crippen molar-refractivity contribution >= 4 is 23.8 Å². The lowest BCUT2D eigenvalue weighted by Gasteiger charge is -2.11. The van der Waals surface area contributed by atoms with Crippen LogP contribution in [0.3, 0.4) is 0 Å². The molecule has 1 aromatic rings. The van der Waals surface area contributed by atoms with Crippen LogP contribution in [0.2, 0.25) is 5.02 Å². The van der Waals surface area contributed by atoms with Crippen LogP contribution in [-0.4, -0.2) is 37.8 Å². The molecule has 1 aromatic carbocycles. The summed E-state index contributed by atoms with van der Waals surface area (Å²) in [6, 6.07) is 4.78. The maximum atomic E-state index is 11.3. The molecule has 0 saturated heterocycles. The van der Waals surface area contributed by atoms with Crippen molar-refractivity contribution in [1.29, 1.82) is 0 Å². The van der Waals surface area contributed by atoms with E-state index in [2.05, 4.69) is 0 Å². The summed E-state index contributed by atoms with van der Waals surface area (Å²) in [7, 11) is 3.36. The number of halogens is 1. The molecule has 92 valence electrons. The van der Waals surface area contributed by atoms with Gasteiger partial charge in [-0.1, -0.05) is 11.6 Å². The summed E-state index contributed by atoms with van der Waals surface area (Å²) in [5, 5.41) is 0.476. The summed E-state index contributed by atoms with van der Waals surface area (Å²) in [6.07, 6.45) is 0.947. The summed E-state index contributed by atoms with van der Waals surface area (Å²) >= 11 is 5.75. The van der Waals surface area contributed by atoms with E-state index in [1.165, 1.54) is 11.0 Å². The summed E-state index contributed by atoms with van der Waals surface area (Å²) in [5.41, 5.74) is 0.384. The largest absolute Gasteiger partial charge is 0.492 e. The van der Waals surface area contributed by atoms with E-state index in [1.54, 1.807) is 26.2 Å². The molecule has 0 aliphatic carbocycles. The molecule has 0 heterocycles. The molecule has 5 heteroatoms. The first-order valence-electron chi connectivity index (χ1n) is 5.12. The smallest absolute Gasteiger partial charge is 0.225 e. The van der Waals surface area contributed by atoms with Crippen LogP contribution < -0.4 is 4.74 Å². The molecular formula is C12H14ClNO3. The number of carbonyl (C=O) groups excluding carboxylic acids is 2. The van der Waals surface area contributed by atoms with Crippen molar-refractivity contribution in [3.8, 4) is 5.75 Å². The summed E-state index contributed by atoms with van der Waals surface area (Å²) in [5.74, 6) is 0.419. The molecule has 0 saturated carbocycles. The highest BCUT2D eigenvalue weighted by Gasteiger charge is 2.07. The van der Waals surface area contributed by atoms with Gasteiger partial charge in [-0.2, -0.15) is 0 Å². The van der Waals surface area contributed by atoms with Crippen LogP contribution in [0.4, 0.5) is 0 Å². The maximum Gasteiger partial charge on any atom is 0.225 e. The fourth-order valence-electron chi connectivity index (χ4n) is 1.21. The topological polar surface area (TPSA) is 46.6 Å². The Labute approximate surface area is 105 Å². The van der Waals surface area contributed by atoms with E-state index in [0.29, 0.717) is 22.6 Å².